The van der Waals surface area contributed by atoms with E-state index in [4.69, 9.17) is 5.73 Å². The van der Waals surface area contributed by atoms with Crippen LogP contribution in [0, 0.1) is 5.92 Å². The molecule has 0 radical (unpaired) electrons. The first-order valence-electron chi connectivity index (χ1n) is 5.73. The number of tetrazole rings is 1. The summed E-state index contributed by atoms with van der Waals surface area (Å²) in [5.74, 6) is 1.23. The largest absolute Gasteiger partial charge is 0.399 e. The molecular formula is C12H17N5. The van der Waals surface area contributed by atoms with Gasteiger partial charge in [0.25, 0.3) is 0 Å². The predicted octanol–water partition coefficient (Wildman–Crippen LogP) is 2.14. The van der Waals surface area contributed by atoms with Gasteiger partial charge >= 0.3 is 0 Å². The van der Waals surface area contributed by atoms with Gasteiger partial charge in [-0.1, -0.05) is 26.0 Å². The van der Waals surface area contributed by atoms with Crippen molar-refractivity contribution in [3.63, 3.8) is 0 Å². The molecule has 2 aromatic rings. The zero-order chi connectivity index (χ0) is 12.4. The quantitative estimate of drug-likeness (QED) is 0.822. The van der Waals surface area contributed by atoms with E-state index in [0.717, 1.165) is 11.4 Å². The second-order valence-electron chi connectivity index (χ2n) is 4.56. The van der Waals surface area contributed by atoms with Crippen molar-refractivity contribution in [2.75, 3.05) is 5.73 Å². The number of hydrogen-bond donors (Lipinski definition) is 1. The lowest BCUT2D eigenvalue weighted by atomic mass is 10.1. The van der Waals surface area contributed by atoms with Crippen molar-refractivity contribution in [3.05, 3.63) is 24.3 Å². The third kappa shape index (κ3) is 2.27. The van der Waals surface area contributed by atoms with E-state index in [0.29, 0.717) is 11.6 Å². The number of benzene rings is 1. The third-order valence-corrected chi connectivity index (χ3v) is 2.99. The van der Waals surface area contributed by atoms with Crippen molar-refractivity contribution in [3.8, 4) is 11.4 Å². The molecular weight excluding hydrogens is 214 g/mol. The minimum atomic E-state index is 0.251. The number of aromatic nitrogens is 4. The minimum Gasteiger partial charge on any atom is -0.399 e. The topological polar surface area (TPSA) is 69.6 Å². The third-order valence-electron chi connectivity index (χ3n) is 2.99. The van der Waals surface area contributed by atoms with Crippen molar-refractivity contribution in [1.82, 2.24) is 20.2 Å². The van der Waals surface area contributed by atoms with E-state index in [1.54, 1.807) is 0 Å². The van der Waals surface area contributed by atoms with E-state index in [1.165, 1.54) is 0 Å². The number of nitrogen functional groups attached to an aromatic ring is 1. The minimum absolute atomic E-state index is 0.251. The van der Waals surface area contributed by atoms with Crippen LogP contribution in [0.2, 0.25) is 0 Å². The maximum atomic E-state index is 5.77. The Labute approximate surface area is 101 Å². The smallest absolute Gasteiger partial charge is 0.182 e. The van der Waals surface area contributed by atoms with Gasteiger partial charge in [-0.25, -0.2) is 4.68 Å². The lowest BCUT2D eigenvalue weighted by molar-refractivity contribution is 0.371. The molecule has 90 valence electrons. The van der Waals surface area contributed by atoms with E-state index >= 15 is 0 Å². The number of anilines is 1. The van der Waals surface area contributed by atoms with E-state index in [2.05, 4.69) is 36.3 Å². The molecule has 0 spiro atoms. The Balaban J connectivity index is 2.43. The van der Waals surface area contributed by atoms with Gasteiger partial charge in [-0.05, 0) is 35.4 Å². The number of hydrogen-bond acceptors (Lipinski definition) is 4. The summed E-state index contributed by atoms with van der Waals surface area (Å²) < 4.78 is 1.85. The highest BCUT2D eigenvalue weighted by molar-refractivity contribution is 5.60. The van der Waals surface area contributed by atoms with Crippen LogP contribution in [0.5, 0.6) is 0 Å². The number of nitrogens with two attached hydrogens (primary N) is 1. The molecule has 1 heterocycles. The summed E-state index contributed by atoms with van der Waals surface area (Å²) >= 11 is 0. The Morgan fingerprint density at radius 2 is 2.00 bits per heavy atom. The zero-order valence-electron chi connectivity index (χ0n) is 10.3. The molecule has 2 N–H and O–H groups in total. The van der Waals surface area contributed by atoms with Crippen LogP contribution in [0.15, 0.2) is 24.3 Å². The monoisotopic (exact) mass is 231 g/mol. The molecule has 0 bridgehead atoms. The van der Waals surface area contributed by atoms with Crippen molar-refractivity contribution in [2.24, 2.45) is 5.92 Å². The first kappa shape index (κ1) is 11.6. The van der Waals surface area contributed by atoms with Crippen LogP contribution < -0.4 is 5.73 Å². The summed E-state index contributed by atoms with van der Waals surface area (Å²) in [5, 5.41) is 11.9. The van der Waals surface area contributed by atoms with Gasteiger partial charge in [0, 0.05) is 11.3 Å². The lowest BCUT2D eigenvalue weighted by Crippen LogP contribution is -2.14. The fourth-order valence-corrected chi connectivity index (χ4v) is 1.62. The van der Waals surface area contributed by atoms with Gasteiger partial charge in [-0.15, -0.1) is 5.10 Å². The molecule has 17 heavy (non-hydrogen) atoms. The summed E-state index contributed by atoms with van der Waals surface area (Å²) in [4.78, 5) is 0. The van der Waals surface area contributed by atoms with Gasteiger partial charge in [0.2, 0.25) is 0 Å². The molecule has 1 aromatic carbocycles. The highest BCUT2D eigenvalue weighted by atomic mass is 15.5. The van der Waals surface area contributed by atoms with Gasteiger partial charge in [0.05, 0.1) is 6.04 Å². The Kier molecular flexibility index (Phi) is 3.08. The van der Waals surface area contributed by atoms with Gasteiger partial charge in [0.1, 0.15) is 0 Å². The maximum Gasteiger partial charge on any atom is 0.182 e. The van der Waals surface area contributed by atoms with Crippen LogP contribution in [0.4, 0.5) is 5.69 Å². The Hall–Kier alpha value is -1.91. The summed E-state index contributed by atoms with van der Waals surface area (Å²) in [5.41, 5.74) is 7.44. The first-order valence-corrected chi connectivity index (χ1v) is 5.73. The van der Waals surface area contributed by atoms with Gasteiger partial charge in [-0.2, -0.15) is 0 Å². The molecule has 5 nitrogen and oxygen atoms in total. The summed E-state index contributed by atoms with van der Waals surface area (Å²) in [6.45, 7) is 6.40. The summed E-state index contributed by atoms with van der Waals surface area (Å²) in [7, 11) is 0. The molecule has 5 heteroatoms. The Bertz CT molecular complexity index is 503. The second kappa shape index (κ2) is 4.53. The average molecular weight is 231 g/mol. The SMILES string of the molecule is CC(C)C(C)n1nnnc1-c1cccc(N)c1. The normalized spacial score (nSPS) is 12.9. The molecule has 1 unspecified atom stereocenters. The molecule has 0 aliphatic carbocycles. The fourth-order valence-electron chi connectivity index (χ4n) is 1.62. The molecule has 1 atom stereocenters. The molecule has 0 fully saturated rings. The van der Waals surface area contributed by atoms with Gasteiger partial charge in [-0.3, -0.25) is 0 Å². The van der Waals surface area contributed by atoms with Crippen LogP contribution in [-0.2, 0) is 0 Å². The fraction of sp³-hybridized carbons (Fsp3) is 0.417. The highest BCUT2D eigenvalue weighted by Gasteiger charge is 2.17. The van der Waals surface area contributed by atoms with E-state index in [1.807, 2.05) is 28.9 Å². The molecule has 0 aliphatic rings. The van der Waals surface area contributed by atoms with Crippen LogP contribution >= 0.6 is 0 Å². The highest BCUT2D eigenvalue weighted by Crippen LogP contribution is 2.24. The second-order valence-corrected chi connectivity index (χ2v) is 4.56. The summed E-state index contributed by atoms with van der Waals surface area (Å²) in [6.07, 6.45) is 0. The van der Waals surface area contributed by atoms with E-state index in [-0.39, 0.29) is 6.04 Å². The standard InChI is InChI=1S/C12H17N5/c1-8(2)9(3)17-12(14-15-16-17)10-5-4-6-11(13)7-10/h4-9H,13H2,1-3H3. The molecule has 0 saturated heterocycles. The van der Waals surface area contributed by atoms with E-state index in [9.17, 15) is 0 Å². The van der Waals surface area contributed by atoms with Crippen LogP contribution in [0.1, 0.15) is 26.8 Å². The average Bonchev–Trinajstić information content (AvgIpc) is 2.76. The molecule has 0 amide bonds. The Morgan fingerprint density at radius 3 is 2.65 bits per heavy atom. The number of nitrogens with zero attached hydrogens (tertiary/aromatic N) is 4. The van der Waals surface area contributed by atoms with Crippen molar-refractivity contribution in [1.29, 1.82) is 0 Å². The van der Waals surface area contributed by atoms with Crippen LogP contribution in [-0.4, -0.2) is 20.2 Å². The lowest BCUT2D eigenvalue weighted by Gasteiger charge is -2.16. The summed E-state index contributed by atoms with van der Waals surface area (Å²) in [6, 6.07) is 7.86. The Morgan fingerprint density at radius 1 is 1.24 bits per heavy atom. The van der Waals surface area contributed by atoms with Crippen molar-refractivity contribution >= 4 is 5.69 Å². The van der Waals surface area contributed by atoms with Gasteiger partial charge < -0.3 is 5.73 Å². The van der Waals surface area contributed by atoms with Crippen LogP contribution in [0.3, 0.4) is 0 Å². The van der Waals surface area contributed by atoms with Gasteiger partial charge in [0.15, 0.2) is 5.82 Å². The predicted molar refractivity (Wildman–Crippen MR) is 67.2 cm³/mol. The number of rotatable bonds is 3. The van der Waals surface area contributed by atoms with Crippen molar-refractivity contribution < 1.29 is 0 Å². The maximum absolute atomic E-state index is 5.77. The molecule has 2 rings (SSSR count). The van der Waals surface area contributed by atoms with Crippen molar-refractivity contribution in [2.45, 2.75) is 26.8 Å². The molecule has 0 saturated carbocycles. The van der Waals surface area contributed by atoms with E-state index < -0.39 is 0 Å². The molecule has 0 aliphatic heterocycles. The first-order chi connectivity index (χ1) is 8.09. The zero-order valence-corrected chi connectivity index (χ0v) is 10.3. The van der Waals surface area contributed by atoms with Crippen LogP contribution in [0.25, 0.3) is 11.4 Å². The molecule has 1 aromatic heterocycles.